The number of carboxylic acid groups (broad SMARTS) is 1. The lowest BCUT2D eigenvalue weighted by atomic mass is 10.1. The Hall–Kier alpha value is -1.62. The molecule has 0 spiro atoms. The van der Waals surface area contributed by atoms with Crippen LogP contribution in [0.2, 0.25) is 0 Å². The van der Waals surface area contributed by atoms with E-state index in [1.165, 1.54) is 0 Å². The molecule has 1 N–H and O–H groups in total. The summed E-state index contributed by atoms with van der Waals surface area (Å²) in [6.45, 7) is 9.44. The van der Waals surface area contributed by atoms with Crippen molar-refractivity contribution >= 4 is 11.7 Å². The third-order valence-corrected chi connectivity index (χ3v) is 3.33. The van der Waals surface area contributed by atoms with E-state index in [4.69, 9.17) is 0 Å². The third-order valence-electron chi connectivity index (χ3n) is 3.33. The molecule has 20 heavy (non-hydrogen) atoms. The quantitative estimate of drug-likeness (QED) is 0.865. The van der Waals surface area contributed by atoms with E-state index in [1.807, 2.05) is 34.0 Å². The summed E-state index contributed by atoms with van der Waals surface area (Å²) in [5.41, 5.74) is 2.49. The molecular formula is C15H25N3O2. The second kappa shape index (κ2) is 6.70. The fourth-order valence-electron chi connectivity index (χ4n) is 2.65. The highest BCUT2D eigenvalue weighted by molar-refractivity contribution is 5.95. The fraction of sp³-hybridized carbons (Fsp3) is 0.600. The molecule has 0 radical (unpaired) electrons. The van der Waals surface area contributed by atoms with Crippen LogP contribution in [0.4, 0.5) is 5.69 Å². The SMILES string of the molecule is CCN(c1cc(C)nc(C)c1C(=O)O)C(C)CN(C)C. The summed E-state index contributed by atoms with van der Waals surface area (Å²) in [6.07, 6.45) is 0. The monoisotopic (exact) mass is 279 g/mol. The van der Waals surface area contributed by atoms with Gasteiger partial charge >= 0.3 is 5.97 Å². The maximum absolute atomic E-state index is 11.5. The zero-order valence-corrected chi connectivity index (χ0v) is 13.3. The van der Waals surface area contributed by atoms with E-state index in [2.05, 4.69) is 21.7 Å². The van der Waals surface area contributed by atoms with Gasteiger partial charge in [0.25, 0.3) is 0 Å². The van der Waals surface area contributed by atoms with Crippen molar-refractivity contribution in [3.05, 3.63) is 23.0 Å². The van der Waals surface area contributed by atoms with Gasteiger partial charge in [-0.05, 0) is 47.9 Å². The van der Waals surface area contributed by atoms with Gasteiger partial charge in [-0.15, -0.1) is 0 Å². The van der Waals surface area contributed by atoms with Crippen LogP contribution in [-0.4, -0.2) is 54.2 Å². The molecule has 0 aliphatic heterocycles. The molecule has 1 unspecified atom stereocenters. The molecule has 0 aliphatic rings. The molecule has 1 rings (SSSR count). The predicted octanol–water partition coefficient (Wildman–Crippen LogP) is 2.17. The van der Waals surface area contributed by atoms with Gasteiger partial charge in [0.2, 0.25) is 0 Å². The highest BCUT2D eigenvalue weighted by Gasteiger charge is 2.22. The number of pyridine rings is 1. The summed E-state index contributed by atoms with van der Waals surface area (Å²) < 4.78 is 0. The van der Waals surface area contributed by atoms with Crippen LogP contribution in [0.15, 0.2) is 6.07 Å². The Labute approximate surface area is 121 Å². The fourth-order valence-corrected chi connectivity index (χ4v) is 2.65. The van der Waals surface area contributed by atoms with Crippen molar-refractivity contribution in [2.75, 3.05) is 32.1 Å². The molecule has 0 fully saturated rings. The van der Waals surface area contributed by atoms with Crippen LogP contribution in [-0.2, 0) is 0 Å². The van der Waals surface area contributed by atoms with Crippen molar-refractivity contribution in [1.82, 2.24) is 9.88 Å². The first-order valence-electron chi connectivity index (χ1n) is 6.90. The van der Waals surface area contributed by atoms with Crippen molar-refractivity contribution in [1.29, 1.82) is 0 Å². The summed E-state index contributed by atoms with van der Waals surface area (Å²) in [5.74, 6) is -0.916. The maximum atomic E-state index is 11.5. The van der Waals surface area contributed by atoms with Crippen LogP contribution >= 0.6 is 0 Å². The number of aromatic nitrogens is 1. The highest BCUT2D eigenvalue weighted by atomic mass is 16.4. The standard InChI is InChI=1S/C15H25N3O2/c1-7-18(11(3)9-17(5)6)13-8-10(2)16-12(4)14(13)15(19)20/h8,11H,7,9H2,1-6H3,(H,19,20). The number of nitrogens with zero attached hydrogens (tertiary/aromatic N) is 3. The minimum atomic E-state index is -0.916. The van der Waals surface area contributed by atoms with Gasteiger partial charge in [-0.3, -0.25) is 4.98 Å². The molecule has 1 atom stereocenters. The summed E-state index contributed by atoms with van der Waals surface area (Å²) in [5, 5.41) is 9.47. The predicted molar refractivity (Wildman–Crippen MR) is 81.7 cm³/mol. The van der Waals surface area contributed by atoms with E-state index < -0.39 is 5.97 Å². The molecule has 1 aromatic rings. The van der Waals surface area contributed by atoms with Gasteiger partial charge in [0.05, 0.1) is 11.4 Å². The molecule has 1 aromatic heterocycles. The van der Waals surface area contributed by atoms with E-state index >= 15 is 0 Å². The maximum Gasteiger partial charge on any atom is 0.339 e. The Morgan fingerprint density at radius 2 is 2.00 bits per heavy atom. The Kier molecular flexibility index (Phi) is 5.51. The van der Waals surface area contributed by atoms with Crippen molar-refractivity contribution < 1.29 is 9.90 Å². The van der Waals surface area contributed by atoms with Crippen LogP contribution in [0.25, 0.3) is 0 Å². The van der Waals surface area contributed by atoms with E-state index in [0.29, 0.717) is 11.3 Å². The van der Waals surface area contributed by atoms with Crippen LogP contribution in [0.1, 0.15) is 35.6 Å². The highest BCUT2D eigenvalue weighted by Crippen LogP contribution is 2.26. The van der Waals surface area contributed by atoms with Gasteiger partial charge in [0.15, 0.2) is 0 Å². The zero-order chi connectivity index (χ0) is 15.4. The number of anilines is 1. The molecule has 0 bridgehead atoms. The van der Waals surface area contributed by atoms with Crippen molar-refractivity contribution in [2.45, 2.75) is 33.7 Å². The molecule has 1 heterocycles. The van der Waals surface area contributed by atoms with Crippen molar-refractivity contribution in [3.8, 4) is 0 Å². The Balaban J connectivity index is 3.30. The molecule has 112 valence electrons. The number of hydrogen-bond acceptors (Lipinski definition) is 4. The topological polar surface area (TPSA) is 56.7 Å². The number of aromatic carboxylic acids is 1. The molecule has 0 aromatic carbocycles. The van der Waals surface area contributed by atoms with Gasteiger partial charge < -0.3 is 14.9 Å². The summed E-state index contributed by atoms with van der Waals surface area (Å²) in [4.78, 5) is 20.1. The van der Waals surface area contributed by atoms with Crippen LogP contribution < -0.4 is 4.90 Å². The van der Waals surface area contributed by atoms with Crippen LogP contribution in [0, 0.1) is 13.8 Å². The van der Waals surface area contributed by atoms with Gasteiger partial charge in [0.1, 0.15) is 5.56 Å². The van der Waals surface area contributed by atoms with E-state index in [0.717, 1.165) is 24.5 Å². The second-order valence-electron chi connectivity index (χ2n) is 5.45. The van der Waals surface area contributed by atoms with Gasteiger partial charge in [0, 0.05) is 24.8 Å². The molecule has 0 saturated heterocycles. The van der Waals surface area contributed by atoms with Gasteiger partial charge in [-0.25, -0.2) is 4.79 Å². The third kappa shape index (κ3) is 3.70. The van der Waals surface area contributed by atoms with Gasteiger partial charge in [-0.1, -0.05) is 0 Å². The molecule has 5 heteroatoms. The average Bonchev–Trinajstić information content (AvgIpc) is 2.26. The smallest absolute Gasteiger partial charge is 0.339 e. The van der Waals surface area contributed by atoms with E-state index in [1.54, 1.807) is 6.92 Å². The molecular weight excluding hydrogens is 254 g/mol. The number of carbonyl (C=O) groups is 1. The van der Waals surface area contributed by atoms with E-state index in [-0.39, 0.29) is 6.04 Å². The van der Waals surface area contributed by atoms with Crippen molar-refractivity contribution in [3.63, 3.8) is 0 Å². The molecule has 0 saturated carbocycles. The lowest BCUT2D eigenvalue weighted by Gasteiger charge is -2.33. The van der Waals surface area contributed by atoms with Crippen LogP contribution in [0.3, 0.4) is 0 Å². The average molecular weight is 279 g/mol. The Morgan fingerprint density at radius 3 is 2.45 bits per heavy atom. The minimum Gasteiger partial charge on any atom is -0.478 e. The number of aryl methyl sites for hydroxylation is 2. The molecule has 5 nitrogen and oxygen atoms in total. The van der Waals surface area contributed by atoms with Crippen molar-refractivity contribution in [2.24, 2.45) is 0 Å². The second-order valence-corrected chi connectivity index (χ2v) is 5.45. The largest absolute Gasteiger partial charge is 0.478 e. The first-order valence-corrected chi connectivity index (χ1v) is 6.90. The number of likely N-dealkylation sites (N-methyl/N-ethyl adjacent to an activating group) is 2. The zero-order valence-electron chi connectivity index (χ0n) is 13.3. The lowest BCUT2D eigenvalue weighted by Crippen LogP contribution is -2.41. The lowest BCUT2D eigenvalue weighted by molar-refractivity contribution is 0.0696. The Morgan fingerprint density at radius 1 is 1.40 bits per heavy atom. The number of carboxylic acids is 1. The Bertz CT molecular complexity index is 486. The van der Waals surface area contributed by atoms with E-state index in [9.17, 15) is 9.90 Å². The summed E-state index contributed by atoms with van der Waals surface area (Å²) in [7, 11) is 4.04. The summed E-state index contributed by atoms with van der Waals surface area (Å²) >= 11 is 0. The number of rotatable bonds is 6. The summed E-state index contributed by atoms with van der Waals surface area (Å²) in [6, 6.07) is 2.10. The minimum absolute atomic E-state index is 0.231. The molecule has 0 amide bonds. The first kappa shape index (κ1) is 16.4. The normalized spacial score (nSPS) is 12.6. The van der Waals surface area contributed by atoms with Crippen LogP contribution in [0.5, 0.6) is 0 Å². The van der Waals surface area contributed by atoms with Gasteiger partial charge in [-0.2, -0.15) is 0 Å². The number of hydrogen-bond donors (Lipinski definition) is 1. The molecule has 0 aliphatic carbocycles. The first-order chi connectivity index (χ1) is 9.27.